The lowest BCUT2D eigenvalue weighted by Crippen LogP contribution is -2.13. The molecule has 0 aliphatic heterocycles. The number of ether oxygens (including phenoxy) is 3. The standard InChI is InChI=1S/C27H26N2O4/c1-18-5-6-21(13-19(18)2)17-33-25-12-7-20(15-26(25)32-4)14-22(16-28)27(30)29-23-8-10-24(31-3)11-9-23/h5-15H,17H2,1-4H3,(H,29,30)/b22-14+. The van der Waals surface area contributed by atoms with E-state index in [-0.39, 0.29) is 5.57 Å². The van der Waals surface area contributed by atoms with Gasteiger partial charge in [-0.05, 0) is 78.6 Å². The Morgan fingerprint density at radius 1 is 0.939 bits per heavy atom. The van der Waals surface area contributed by atoms with Gasteiger partial charge in [-0.2, -0.15) is 5.26 Å². The van der Waals surface area contributed by atoms with Crippen LogP contribution >= 0.6 is 0 Å². The number of methoxy groups -OCH3 is 2. The first kappa shape index (κ1) is 23.4. The Hall–Kier alpha value is -4.24. The van der Waals surface area contributed by atoms with Crippen molar-refractivity contribution in [2.45, 2.75) is 20.5 Å². The van der Waals surface area contributed by atoms with Crippen molar-refractivity contribution in [1.29, 1.82) is 5.26 Å². The molecule has 0 saturated heterocycles. The van der Waals surface area contributed by atoms with Crippen LogP contribution in [0.15, 0.2) is 66.2 Å². The molecule has 0 bridgehead atoms. The highest BCUT2D eigenvalue weighted by Crippen LogP contribution is 2.30. The molecule has 168 valence electrons. The van der Waals surface area contributed by atoms with E-state index >= 15 is 0 Å². The molecule has 0 heterocycles. The largest absolute Gasteiger partial charge is 0.497 e. The number of nitrogens with one attached hydrogen (secondary N) is 1. The molecule has 1 N–H and O–H groups in total. The SMILES string of the molecule is COc1ccc(NC(=O)/C(C#N)=C/c2ccc(OCc3ccc(C)c(C)c3)c(OC)c2)cc1. The molecule has 33 heavy (non-hydrogen) atoms. The van der Waals surface area contributed by atoms with E-state index in [0.717, 1.165) is 5.56 Å². The van der Waals surface area contributed by atoms with Gasteiger partial charge in [0.2, 0.25) is 0 Å². The predicted molar refractivity (Wildman–Crippen MR) is 128 cm³/mol. The third kappa shape index (κ3) is 6.14. The first-order chi connectivity index (χ1) is 15.9. The van der Waals surface area contributed by atoms with Crippen LogP contribution in [0.3, 0.4) is 0 Å². The molecule has 0 spiro atoms. The van der Waals surface area contributed by atoms with Gasteiger partial charge in [-0.1, -0.05) is 24.3 Å². The van der Waals surface area contributed by atoms with E-state index in [1.807, 2.05) is 12.1 Å². The summed E-state index contributed by atoms with van der Waals surface area (Å²) in [4.78, 5) is 12.5. The van der Waals surface area contributed by atoms with E-state index < -0.39 is 5.91 Å². The third-order valence-corrected chi connectivity index (χ3v) is 5.18. The van der Waals surface area contributed by atoms with Crippen molar-refractivity contribution in [3.05, 3.63) is 88.5 Å². The maximum atomic E-state index is 12.5. The predicted octanol–water partition coefficient (Wildman–Crippen LogP) is 5.45. The lowest BCUT2D eigenvalue weighted by Gasteiger charge is -2.12. The summed E-state index contributed by atoms with van der Waals surface area (Å²) >= 11 is 0. The normalized spacial score (nSPS) is 10.8. The molecule has 0 saturated carbocycles. The monoisotopic (exact) mass is 442 g/mol. The van der Waals surface area contributed by atoms with E-state index in [2.05, 4.69) is 31.3 Å². The van der Waals surface area contributed by atoms with E-state index in [1.54, 1.807) is 56.7 Å². The van der Waals surface area contributed by atoms with Crippen molar-refractivity contribution in [2.75, 3.05) is 19.5 Å². The Morgan fingerprint density at radius 3 is 2.33 bits per heavy atom. The maximum Gasteiger partial charge on any atom is 0.266 e. The molecule has 0 aliphatic carbocycles. The van der Waals surface area contributed by atoms with Crippen molar-refractivity contribution >= 4 is 17.7 Å². The van der Waals surface area contributed by atoms with Crippen molar-refractivity contribution in [2.24, 2.45) is 0 Å². The van der Waals surface area contributed by atoms with Gasteiger partial charge in [0.15, 0.2) is 11.5 Å². The molecule has 3 aromatic rings. The summed E-state index contributed by atoms with van der Waals surface area (Å²) < 4.78 is 16.5. The number of nitriles is 1. The highest BCUT2D eigenvalue weighted by Gasteiger charge is 2.12. The second-order valence-electron chi connectivity index (χ2n) is 7.47. The molecular formula is C27H26N2O4. The molecule has 0 unspecified atom stereocenters. The molecule has 3 rings (SSSR count). The molecule has 6 nitrogen and oxygen atoms in total. The van der Waals surface area contributed by atoms with E-state index in [0.29, 0.717) is 35.1 Å². The van der Waals surface area contributed by atoms with Crippen LogP contribution in [0.25, 0.3) is 6.08 Å². The van der Waals surface area contributed by atoms with Gasteiger partial charge >= 0.3 is 0 Å². The molecule has 1 amide bonds. The van der Waals surface area contributed by atoms with Crippen LogP contribution in [0.2, 0.25) is 0 Å². The summed E-state index contributed by atoms with van der Waals surface area (Å²) in [5.74, 6) is 1.27. The quantitative estimate of drug-likeness (QED) is 0.371. The number of benzene rings is 3. The van der Waals surface area contributed by atoms with Gasteiger partial charge < -0.3 is 19.5 Å². The summed E-state index contributed by atoms with van der Waals surface area (Å²) in [6.45, 7) is 4.54. The topological polar surface area (TPSA) is 80.6 Å². The van der Waals surface area contributed by atoms with Crippen molar-refractivity contribution in [3.63, 3.8) is 0 Å². The Kier molecular flexibility index (Phi) is 7.72. The van der Waals surface area contributed by atoms with Gasteiger partial charge in [0.25, 0.3) is 5.91 Å². The lowest BCUT2D eigenvalue weighted by atomic mass is 10.1. The van der Waals surface area contributed by atoms with Crippen LogP contribution in [0.1, 0.15) is 22.3 Å². The number of amides is 1. The smallest absolute Gasteiger partial charge is 0.266 e. The van der Waals surface area contributed by atoms with Crippen molar-refractivity contribution < 1.29 is 19.0 Å². The van der Waals surface area contributed by atoms with Crippen LogP contribution in [0.4, 0.5) is 5.69 Å². The Bertz CT molecular complexity index is 1210. The Balaban J connectivity index is 1.73. The van der Waals surface area contributed by atoms with Gasteiger partial charge in [0, 0.05) is 5.69 Å². The number of hydrogen-bond acceptors (Lipinski definition) is 5. The summed E-state index contributed by atoms with van der Waals surface area (Å²) in [5.41, 5.74) is 4.68. The number of hydrogen-bond donors (Lipinski definition) is 1. The van der Waals surface area contributed by atoms with Crippen LogP contribution in [-0.2, 0) is 11.4 Å². The number of anilines is 1. The van der Waals surface area contributed by atoms with Crippen molar-refractivity contribution in [3.8, 4) is 23.3 Å². The zero-order valence-corrected chi connectivity index (χ0v) is 19.1. The molecule has 0 aliphatic rings. The molecule has 0 fully saturated rings. The fraction of sp³-hybridized carbons (Fsp3) is 0.185. The van der Waals surface area contributed by atoms with Crippen LogP contribution < -0.4 is 19.5 Å². The summed E-state index contributed by atoms with van der Waals surface area (Å²) in [6, 6.07) is 20.3. The second-order valence-corrected chi connectivity index (χ2v) is 7.47. The van der Waals surface area contributed by atoms with Gasteiger partial charge in [0.1, 0.15) is 24.0 Å². The highest BCUT2D eigenvalue weighted by molar-refractivity contribution is 6.09. The lowest BCUT2D eigenvalue weighted by molar-refractivity contribution is -0.112. The number of nitrogens with zero attached hydrogens (tertiary/aromatic N) is 1. The third-order valence-electron chi connectivity index (χ3n) is 5.18. The fourth-order valence-corrected chi connectivity index (χ4v) is 3.14. The van der Waals surface area contributed by atoms with E-state index in [1.165, 1.54) is 17.2 Å². The van der Waals surface area contributed by atoms with Gasteiger partial charge in [-0.15, -0.1) is 0 Å². The zero-order chi connectivity index (χ0) is 23.8. The Labute approximate surface area is 194 Å². The number of carbonyl (C=O) groups is 1. The minimum atomic E-state index is -0.503. The minimum absolute atomic E-state index is 0.0309. The molecule has 3 aromatic carbocycles. The first-order valence-corrected chi connectivity index (χ1v) is 10.4. The van der Waals surface area contributed by atoms with Gasteiger partial charge in [-0.25, -0.2) is 0 Å². The van der Waals surface area contributed by atoms with Gasteiger partial charge in [-0.3, -0.25) is 4.79 Å². The average Bonchev–Trinajstić information content (AvgIpc) is 2.83. The summed E-state index contributed by atoms with van der Waals surface area (Å²) in [5, 5.41) is 12.2. The number of carbonyl (C=O) groups excluding carboxylic acids is 1. The second kappa shape index (κ2) is 10.9. The van der Waals surface area contributed by atoms with E-state index in [4.69, 9.17) is 14.2 Å². The van der Waals surface area contributed by atoms with Crippen LogP contribution in [-0.4, -0.2) is 20.1 Å². The zero-order valence-electron chi connectivity index (χ0n) is 19.1. The Morgan fingerprint density at radius 2 is 1.70 bits per heavy atom. The number of aryl methyl sites for hydroxylation is 2. The molecular weight excluding hydrogens is 416 g/mol. The summed E-state index contributed by atoms with van der Waals surface area (Å²) in [7, 11) is 3.12. The van der Waals surface area contributed by atoms with Crippen LogP contribution in [0.5, 0.6) is 17.2 Å². The van der Waals surface area contributed by atoms with Crippen molar-refractivity contribution in [1.82, 2.24) is 0 Å². The van der Waals surface area contributed by atoms with Crippen LogP contribution in [0, 0.1) is 25.2 Å². The molecule has 0 atom stereocenters. The fourth-order valence-electron chi connectivity index (χ4n) is 3.14. The molecule has 0 aromatic heterocycles. The number of rotatable bonds is 8. The van der Waals surface area contributed by atoms with E-state index in [9.17, 15) is 10.1 Å². The first-order valence-electron chi connectivity index (χ1n) is 10.4. The van der Waals surface area contributed by atoms with Gasteiger partial charge in [0.05, 0.1) is 14.2 Å². The maximum absolute atomic E-state index is 12.5. The minimum Gasteiger partial charge on any atom is -0.497 e. The average molecular weight is 443 g/mol. The molecule has 0 radical (unpaired) electrons. The molecule has 6 heteroatoms. The summed E-state index contributed by atoms with van der Waals surface area (Å²) in [6.07, 6.45) is 1.51. The highest BCUT2D eigenvalue weighted by atomic mass is 16.5.